The van der Waals surface area contributed by atoms with Gasteiger partial charge in [-0.3, -0.25) is 4.79 Å². The van der Waals surface area contributed by atoms with E-state index in [-0.39, 0.29) is 23.6 Å². The van der Waals surface area contributed by atoms with Crippen LogP contribution in [-0.4, -0.2) is 26.4 Å². The average Bonchev–Trinajstić information content (AvgIpc) is 3.16. The molecule has 1 heterocycles. The summed E-state index contributed by atoms with van der Waals surface area (Å²) in [6.45, 7) is 4.84. The van der Waals surface area contributed by atoms with Crippen molar-refractivity contribution in [1.82, 2.24) is 20.1 Å². The van der Waals surface area contributed by atoms with Crippen molar-refractivity contribution in [1.29, 1.82) is 0 Å². The number of aromatic nitrogens is 3. The highest BCUT2D eigenvalue weighted by atomic mass is 35.5. The predicted molar refractivity (Wildman–Crippen MR) is 115 cm³/mol. The molecule has 1 unspecified atom stereocenters. The lowest BCUT2D eigenvalue weighted by Gasteiger charge is -2.16. The van der Waals surface area contributed by atoms with Crippen LogP contribution in [0.5, 0.6) is 5.75 Å². The van der Waals surface area contributed by atoms with E-state index in [4.69, 9.17) is 16.3 Å². The van der Waals surface area contributed by atoms with Gasteiger partial charge in [-0.25, -0.2) is 4.39 Å². The van der Waals surface area contributed by atoms with Crippen LogP contribution in [0.25, 0.3) is 0 Å². The molecule has 3 aromatic rings. The van der Waals surface area contributed by atoms with E-state index in [0.717, 1.165) is 5.56 Å². The van der Waals surface area contributed by atoms with E-state index in [1.807, 2.05) is 30.5 Å². The number of halogens is 2. The van der Waals surface area contributed by atoms with Crippen molar-refractivity contribution in [2.75, 3.05) is 5.75 Å². The first-order valence-electron chi connectivity index (χ1n) is 9.46. The Morgan fingerprint density at radius 1 is 1.23 bits per heavy atom. The summed E-state index contributed by atoms with van der Waals surface area (Å²) in [6, 6.07) is 13.3. The lowest BCUT2D eigenvalue weighted by molar-refractivity contribution is -0.118. The van der Waals surface area contributed by atoms with Gasteiger partial charge in [0.05, 0.1) is 10.8 Å². The topological polar surface area (TPSA) is 69.0 Å². The van der Waals surface area contributed by atoms with Crippen LogP contribution in [0, 0.1) is 5.82 Å². The van der Waals surface area contributed by atoms with Gasteiger partial charge in [0, 0.05) is 13.1 Å². The summed E-state index contributed by atoms with van der Waals surface area (Å²) in [5, 5.41) is 12.4. The Morgan fingerprint density at radius 3 is 2.67 bits per heavy atom. The molecular weight excluding hydrogens is 427 g/mol. The van der Waals surface area contributed by atoms with Gasteiger partial charge in [-0.05, 0) is 43.7 Å². The highest BCUT2D eigenvalue weighted by Crippen LogP contribution is 2.29. The Morgan fingerprint density at radius 2 is 1.97 bits per heavy atom. The third-order valence-electron chi connectivity index (χ3n) is 4.30. The van der Waals surface area contributed by atoms with E-state index >= 15 is 0 Å². The van der Waals surface area contributed by atoms with Gasteiger partial charge in [0.1, 0.15) is 11.6 Å². The molecule has 1 amide bonds. The van der Waals surface area contributed by atoms with E-state index in [1.54, 1.807) is 24.3 Å². The maximum absolute atomic E-state index is 12.9. The van der Waals surface area contributed by atoms with Crippen molar-refractivity contribution in [2.45, 2.75) is 38.2 Å². The normalized spacial score (nSPS) is 11.9. The van der Waals surface area contributed by atoms with Gasteiger partial charge < -0.3 is 14.6 Å². The molecule has 1 aromatic heterocycles. The Labute approximate surface area is 183 Å². The van der Waals surface area contributed by atoms with E-state index in [1.165, 1.54) is 23.9 Å². The van der Waals surface area contributed by atoms with E-state index < -0.39 is 0 Å². The number of para-hydroxylation sites is 1. The highest BCUT2D eigenvalue weighted by molar-refractivity contribution is 7.99. The molecule has 0 spiro atoms. The summed E-state index contributed by atoms with van der Waals surface area (Å²) < 4.78 is 20.8. The minimum absolute atomic E-state index is 0.142. The molecule has 0 aliphatic heterocycles. The molecule has 1 atom stereocenters. The Balaban J connectivity index is 1.57. The Bertz CT molecular complexity index is 997. The molecule has 0 aliphatic carbocycles. The largest absolute Gasteiger partial charge is 0.481 e. The predicted octanol–water partition coefficient (Wildman–Crippen LogP) is 4.64. The van der Waals surface area contributed by atoms with Crippen molar-refractivity contribution in [3.05, 3.63) is 70.8 Å². The Hall–Kier alpha value is -2.58. The molecule has 0 saturated carbocycles. The second kappa shape index (κ2) is 10.4. The van der Waals surface area contributed by atoms with Crippen molar-refractivity contribution in [3.8, 4) is 5.75 Å². The number of rotatable bonds is 9. The lowest BCUT2D eigenvalue weighted by Crippen LogP contribution is -2.24. The molecule has 0 radical (unpaired) electrons. The molecule has 1 N–H and O–H groups in total. The third-order valence-corrected chi connectivity index (χ3v) is 5.58. The van der Waals surface area contributed by atoms with Crippen LogP contribution in [-0.2, 0) is 17.9 Å². The van der Waals surface area contributed by atoms with Gasteiger partial charge >= 0.3 is 0 Å². The summed E-state index contributed by atoms with van der Waals surface area (Å²) >= 11 is 7.47. The van der Waals surface area contributed by atoms with Gasteiger partial charge in [-0.2, -0.15) is 0 Å². The lowest BCUT2D eigenvalue weighted by atomic mass is 10.2. The zero-order valence-corrected chi connectivity index (χ0v) is 18.2. The van der Waals surface area contributed by atoms with Crippen molar-refractivity contribution in [2.24, 2.45) is 0 Å². The van der Waals surface area contributed by atoms with Crippen LogP contribution in [0.1, 0.15) is 31.3 Å². The summed E-state index contributed by atoms with van der Waals surface area (Å²) in [7, 11) is 0. The molecule has 3 rings (SSSR count). The van der Waals surface area contributed by atoms with Gasteiger partial charge in [-0.1, -0.05) is 47.6 Å². The maximum Gasteiger partial charge on any atom is 0.230 e. The highest BCUT2D eigenvalue weighted by Gasteiger charge is 2.20. The van der Waals surface area contributed by atoms with Crippen molar-refractivity contribution in [3.63, 3.8) is 0 Å². The zero-order chi connectivity index (χ0) is 21.5. The van der Waals surface area contributed by atoms with Gasteiger partial charge in [0.25, 0.3) is 0 Å². The van der Waals surface area contributed by atoms with Crippen molar-refractivity contribution >= 4 is 29.3 Å². The third kappa shape index (κ3) is 5.73. The summed E-state index contributed by atoms with van der Waals surface area (Å²) in [4.78, 5) is 12.2. The molecule has 0 aliphatic rings. The maximum atomic E-state index is 12.9. The summed E-state index contributed by atoms with van der Waals surface area (Å²) in [5.74, 6) is 0.984. The van der Waals surface area contributed by atoms with E-state index in [0.29, 0.717) is 34.8 Å². The number of carbonyl (C=O) groups excluding carboxylic acids is 1. The summed E-state index contributed by atoms with van der Waals surface area (Å²) in [5.41, 5.74) is 0.833. The first-order chi connectivity index (χ1) is 14.5. The fourth-order valence-corrected chi connectivity index (χ4v) is 3.79. The second-order valence-electron chi connectivity index (χ2n) is 6.47. The molecule has 158 valence electrons. The fraction of sp³-hybridized carbons (Fsp3) is 0.286. The van der Waals surface area contributed by atoms with Gasteiger partial charge in [0.2, 0.25) is 5.91 Å². The SMILES string of the molecule is CCn1c(SCC(=O)NCc2ccc(F)cc2)nnc1C(C)Oc1ccccc1Cl. The molecule has 2 aromatic carbocycles. The smallest absolute Gasteiger partial charge is 0.230 e. The van der Waals surface area contributed by atoms with Crippen LogP contribution >= 0.6 is 23.4 Å². The fourth-order valence-electron chi connectivity index (χ4n) is 2.77. The number of hydrogen-bond donors (Lipinski definition) is 1. The average molecular weight is 449 g/mol. The minimum atomic E-state index is -0.362. The molecule has 0 fully saturated rings. The number of amides is 1. The molecule has 0 bridgehead atoms. The van der Waals surface area contributed by atoms with E-state index in [9.17, 15) is 9.18 Å². The standard InChI is InChI=1S/C21H22ClFN4O2S/c1-3-27-20(14(2)29-18-7-5-4-6-17(18)22)25-26-21(27)30-13-19(28)24-12-15-8-10-16(23)11-9-15/h4-11,14H,3,12-13H2,1-2H3,(H,24,28). The quantitative estimate of drug-likeness (QED) is 0.483. The Kier molecular flexibility index (Phi) is 7.70. The number of nitrogens with one attached hydrogen (secondary N) is 1. The first-order valence-corrected chi connectivity index (χ1v) is 10.8. The monoisotopic (exact) mass is 448 g/mol. The second-order valence-corrected chi connectivity index (χ2v) is 7.82. The number of benzene rings is 2. The number of hydrogen-bond acceptors (Lipinski definition) is 5. The molecule has 0 saturated heterocycles. The minimum Gasteiger partial charge on any atom is -0.481 e. The number of nitrogens with zero attached hydrogens (tertiary/aromatic N) is 3. The van der Waals surface area contributed by atoms with Gasteiger partial charge in [0.15, 0.2) is 17.1 Å². The molecule has 9 heteroatoms. The number of carbonyl (C=O) groups is 1. The number of thioether (sulfide) groups is 1. The van der Waals surface area contributed by atoms with Gasteiger partial charge in [-0.15, -0.1) is 10.2 Å². The van der Waals surface area contributed by atoms with Crippen molar-refractivity contribution < 1.29 is 13.9 Å². The van der Waals surface area contributed by atoms with Crippen LogP contribution in [0.4, 0.5) is 4.39 Å². The van der Waals surface area contributed by atoms with Crippen LogP contribution in [0.15, 0.2) is 53.7 Å². The first kappa shape index (κ1) is 22.1. The summed E-state index contributed by atoms with van der Waals surface area (Å²) in [6.07, 6.45) is -0.362. The molecule has 30 heavy (non-hydrogen) atoms. The van der Waals surface area contributed by atoms with E-state index in [2.05, 4.69) is 15.5 Å². The number of ether oxygens (including phenoxy) is 1. The van der Waals surface area contributed by atoms with Crippen LogP contribution in [0.2, 0.25) is 5.02 Å². The van der Waals surface area contributed by atoms with Crippen LogP contribution in [0.3, 0.4) is 0 Å². The zero-order valence-electron chi connectivity index (χ0n) is 16.6. The molecular formula is C21H22ClFN4O2S. The van der Waals surface area contributed by atoms with Crippen LogP contribution < -0.4 is 10.1 Å². The molecule has 6 nitrogen and oxygen atoms in total.